The summed E-state index contributed by atoms with van der Waals surface area (Å²) in [6.07, 6.45) is 1.47. The van der Waals surface area contributed by atoms with Gasteiger partial charge in [-0.15, -0.1) is 0 Å². The number of primary amides is 1. The lowest BCUT2D eigenvalue weighted by Gasteiger charge is -2.15. The van der Waals surface area contributed by atoms with Gasteiger partial charge >= 0.3 is 0 Å². The Kier molecular flexibility index (Phi) is 6.07. The molecular formula is C20H16BrF2N3O3. The molecule has 29 heavy (non-hydrogen) atoms. The van der Waals surface area contributed by atoms with Gasteiger partial charge in [-0.25, -0.2) is 8.78 Å². The third-order valence-electron chi connectivity index (χ3n) is 4.23. The zero-order valence-corrected chi connectivity index (χ0v) is 16.9. The van der Waals surface area contributed by atoms with E-state index in [-0.39, 0.29) is 40.2 Å². The summed E-state index contributed by atoms with van der Waals surface area (Å²) in [6.45, 7) is 1.79. The molecule has 1 aromatic carbocycles. The molecule has 0 radical (unpaired) electrons. The van der Waals surface area contributed by atoms with Crippen molar-refractivity contribution in [2.75, 3.05) is 0 Å². The maximum atomic E-state index is 13.8. The van der Waals surface area contributed by atoms with E-state index in [1.807, 2.05) is 0 Å². The van der Waals surface area contributed by atoms with E-state index in [2.05, 4.69) is 20.9 Å². The average Bonchev–Trinajstić information content (AvgIpc) is 2.68. The van der Waals surface area contributed by atoms with Crippen molar-refractivity contribution in [3.8, 4) is 5.75 Å². The fraction of sp³-hybridized carbons (Fsp3) is 0.150. The van der Waals surface area contributed by atoms with Gasteiger partial charge in [0.05, 0.1) is 6.54 Å². The Morgan fingerprint density at radius 1 is 1.24 bits per heavy atom. The topological polar surface area (TPSA) is 87.2 Å². The van der Waals surface area contributed by atoms with Crippen molar-refractivity contribution < 1.29 is 18.3 Å². The molecule has 9 heteroatoms. The number of hydrogen-bond acceptors (Lipinski definition) is 4. The van der Waals surface area contributed by atoms with Crippen LogP contribution >= 0.6 is 15.9 Å². The van der Waals surface area contributed by atoms with E-state index in [1.165, 1.54) is 22.9 Å². The summed E-state index contributed by atoms with van der Waals surface area (Å²) >= 11 is 3.22. The summed E-state index contributed by atoms with van der Waals surface area (Å²) in [6, 6.07) is 7.98. The van der Waals surface area contributed by atoms with Crippen LogP contribution in [0.25, 0.3) is 0 Å². The van der Waals surface area contributed by atoms with Gasteiger partial charge in [0.15, 0.2) is 0 Å². The van der Waals surface area contributed by atoms with E-state index in [0.717, 1.165) is 12.1 Å². The number of benzene rings is 1. The van der Waals surface area contributed by atoms with Gasteiger partial charge in [-0.1, -0.05) is 6.07 Å². The number of aryl methyl sites for hydroxylation is 1. The number of carbonyl (C=O) groups excluding carboxylic acids is 1. The molecule has 0 aliphatic heterocycles. The third-order valence-corrected chi connectivity index (χ3v) is 4.96. The normalized spacial score (nSPS) is 10.8. The average molecular weight is 464 g/mol. The molecule has 2 N–H and O–H groups in total. The van der Waals surface area contributed by atoms with Gasteiger partial charge in [-0.3, -0.25) is 14.6 Å². The molecule has 0 bridgehead atoms. The van der Waals surface area contributed by atoms with Crippen LogP contribution in [0, 0.1) is 18.6 Å². The lowest BCUT2D eigenvalue weighted by molar-refractivity contribution is 0.0995. The molecule has 0 fully saturated rings. The number of hydrogen-bond donors (Lipinski definition) is 1. The van der Waals surface area contributed by atoms with E-state index in [1.54, 1.807) is 19.1 Å². The van der Waals surface area contributed by atoms with Crippen LogP contribution in [0.15, 0.2) is 51.9 Å². The lowest BCUT2D eigenvalue weighted by Crippen LogP contribution is -2.24. The third kappa shape index (κ3) is 4.68. The molecule has 3 rings (SSSR count). The predicted octanol–water partition coefficient (Wildman–Crippen LogP) is 3.32. The molecule has 0 spiro atoms. The number of nitrogens with two attached hydrogens (primary N) is 1. The number of pyridine rings is 2. The van der Waals surface area contributed by atoms with Crippen molar-refractivity contribution in [2.24, 2.45) is 5.73 Å². The Morgan fingerprint density at radius 3 is 2.62 bits per heavy atom. The van der Waals surface area contributed by atoms with Crippen molar-refractivity contribution in [2.45, 2.75) is 20.1 Å². The number of rotatable bonds is 6. The molecule has 2 aromatic heterocycles. The minimum atomic E-state index is -0.724. The number of aromatic nitrogens is 2. The lowest BCUT2D eigenvalue weighted by atomic mass is 10.2. The van der Waals surface area contributed by atoms with Crippen LogP contribution in [0.4, 0.5) is 8.78 Å². The monoisotopic (exact) mass is 463 g/mol. The molecule has 0 saturated carbocycles. The quantitative estimate of drug-likeness (QED) is 0.607. The molecule has 0 unspecified atom stereocenters. The minimum Gasteiger partial charge on any atom is -0.487 e. The van der Waals surface area contributed by atoms with E-state index >= 15 is 0 Å². The second kappa shape index (κ2) is 8.52. The SMILES string of the molecule is Cc1cc(OCc2ccc(F)cc2F)c(Br)c(=O)n1Cc1ccc(C(N)=O)nc1. The summed E-state index contributed by atoms with van der Waals surface area (Å²) in [7, 11) is 0. The predicted molar refractivity (Wildman–Crippen MR) is 106 cm³/mol. The second-order valence-corrected chi connectivity index (χ2v) is 7.09. The van der Waals surface area contributed by atoms with Gasteiger partial charge in [0, 0.05) is 29.6 Å². The summed E-state index contributed by atoms with van der Waals surface area (Å²) in [5, 5.41) is 0. The van der Waals surface area contributed by atoms with Gasteiger partial charge in [0.1, 0.15) is 34.2 Å². The van der Waals surface area contributed by atoms with Crippen molar-refractivity contribution in [1.82, 2.24) is 9.55 Å². The van der Waals surface area contributed by atoms with E-state index in [4.69, 9.17) is 10.5 Å². The summed E-state index contributed by atoms with van der Waals surface area (Å²) in [5.74, 6) is -1.79. The second-order valence-electron chi connectivity index (χ2n) is 6.30. The number of ether oxygens (including phenoxy) is 1. The Bertz CT molecular complexity index is 1130. The first-order valence-corrected chi connectivity index (χ1v) is 9.27. The highest BCUT2D eigenvalue weighted by atomic mass is 79.9. The van der Waals surface area contributed by atoms with Crippen molar-refractivity contribution in [1.29, 1.82) is 0 Å². The van der Waals surface area contributed by atoms with Gasteiger partial charge in [-0.2, -0.15) is 0 Å². The van der Waals surface area contributed by atoms with Gasteiger partial charge in [0.25, 0.3) is 11.5 Å². The smallest absolute Gasteiger partial charge is 0.269 e. The zero-order valence-electron chi connectivity index (χ0n) is 15.3. The summed E-state index contributed by atoms with van der Waals surface area (Å²) in [5.41, 5.74) is 6.43. The first-order chi connectivity index (χ1) is 13.8. The summed E-state index contributed by atoms with van der Waals surface area (Å²) < 4.78 is 34.0. The van der Waals surface area contributed by atoms with E-state index in [9.17, 15) is 18.4 Å². The van der Waals surface area contributed by atoms with Gasteiger partial charge in [0.2, 0.25) is 0 Å². The van der Waals surface area contributed by atoms with Crippen LogP contribution in [0.2, 0.25) is 0 Å². The minimum absolute atomic E-state index is 0.135. The highest BCUT2D eigenvalue weighted by Gasteiger charge is 2.14. The molecule has 0 aliphatic carbocycles. The maximum Gasteiger partial charge on any atom is 0.269 e. The van der Waals surface area contributed by atoms with Crippen LogP contribution in [-0.2, 0) is 13.2 Å². The highest BCUT2D eigenvalue weighted by molar-refractivity contribution is 9.10. The molecule has 3 aromatic rings. The standard InChI is InChI=1S/C20H16BrF2N3O3/c1-11-6-17(29-10-13-3-4-14(22)7-15(13)23)18(21)20(28)26(11)9-12-2-5-16(19(24)27)25-8-12/h2-8H,9-10H2,1H3,(H2,24,27). The van der Waals surface area contributed by atoms with Crippen LogP contribution < -0.4 is 16.0 Å². The number of nitrogens with zero attached hydrogens (tertiary/aromatic N) is 2. The van der Waals surface area contributed by atoms with Crippen LogP contribution in [0.1, 0.15) is 27.3 Å². The number of amides is 1. The zero-order chi connectivity index (χ0) is 21.1. The van der Waals surface area contributed by atoms with Crippen molar-refractivity contribution >= 4 is 21.8 Å². The van der Waals surface area contributed by atoms with Gasteiger partial charge < -0.3 is 15.0 Å². The van der Waals surface area contributed by atoms with E-state index in [0.29, 0.717) is 11.3 Å². The first kappa shape index (κ1) is 20.7. The van der Waals surface area contributed by atoms with Crippen molar-refractivity contribution in [3.63, 3.8) is 0 Å². The molecular weight excluding hydrogens is 448 g/mol. The number of halogens is 3. The Balaban J connectivity index is 1.82. The van der Waals surface area contributed by atoms with Crippen LogP contribution in [0.5, 0.6) is 5.75 Å². The molecule has 150 valence electrons. The van der Waals surface area contributed by atoms with Crippen molar-refractivity contribution in [3.05, 3.63) is 91.6 Å². The molecule has 0 aliphatic rings. The maximum absolute atomic E-state index is 13.8. The fourth-order valence-electron chi connectivity index (χ4n) is 2.66. The first-order valence-electron chi connectivity index (χ1n) is 8.47. The Morgan fingerprint density at radius 2 is 2.00 bits per heavy atom. The molecule has 6 nitrogen and oxygen atoms in total. The highest BCUT2D eigenvalue weighted by Crippen LogP contribution is 2.24. The van der Waals surface area contributed by atoms with Crippen LogP contribution in [0.3, 0.4) is 0 Å². The van der Waals surface area contributed by atoms with Crippen LogP contribution in [-0.4, -0.2) is 15.5 Å². The van der Waals surface area contributed by atoms with E-state index < -0.39 is 17.5 Å². The van der Waals surface area contributed by atoms with Gasteiger partial charge in [-0.05, 0) is 46.6 Å². The Hall–Kier alpha value is -3.07. The fourth-order valence-corrected chi connectivity index (χ4v) is 3.10. The molecule has 0 atom stereocenters. The molecule has 0 saturated heterocycles. The summed E-state index contributed by atoms with van der Waals surface area (Å²) in [4.78, 5) is 27.8. The Labute approximate surface area is 173 Å². The molecule has 1 amide bonds. The molecule has 2 heterocycles. The largest absolute Gasteiger partial charge is 0.487 e. The number of carbonyl (C=O) groups is 1.